The Bertz CT molecular complexity index is 1250. The Hall–Kier alpha value is -2.53. The van der Waals surface area contributed by atoms with Gasteiger partial charge in [-0.1, -0.05) is 23.2 Å². The van der Waals surface area contributed by atoms with Crippen molar-refractivity contribution >= 4 is 79.2 Å². The van der Waals surface area contributed by atoms with Gasteiger partial charge < -0.3 is 15.1 Å². The van der Waals surface area contributed by atoms with Crippen LogP contribution in [0.25, 0.3) is 10.1 Å². The molecule has 7 nitrogen and oxygen atoms in total. The quantitative estimate of drug-likeness (QED) is 0.287. The molecule has 0 aliphatic carbocycles. The average molecular weight is 513 g/mol. The van der Waals surface area contributed by atoms with E-state index in [-0.39, 0.29) is 16.6 Å². The molecule has 0 radical (unpaired) electrons. The van der Waals surface area contributed by atoms with E-state index < -0.39 is 10.7 Å². The molecule has 0 spiro atoms. The molecular weight excluding hydrogens is 498 g/mol. The molecule has 4 rings (SSSR count). The number of nitrogens with zero attached hydrogens (tertiary/aromatic N) is 3. The fraction of sp³-hybridized carbons (Fsp3) is 0.200. The number of nitro benzene ring substituents is 1. The number of halogens is 3. The molecule has 1 aromatic heterocycles. The van der Waals surface area contributed by atoms with E-state index >= 15 is 0 Å². The average Bonchev–Trinajstić information content (AvgIpc) is 3.11. The predicted molar refractivity (Wildman–Crippen MR) is 129 cm³/mol. The van der Waals surface area contributed by atoms with E-state index in [4.69, 9.17) is 35.4 Å². The van der Waals surface area contributed by atoms with E-state index in [1.54, 1.807) is 17.0 Å². The second kappa shape index (κ2) is 9.14. The number of non-ortho nitro benzene ring substituents is 1. The second-order valence-electron chi connectivity index (χ2n) is 7.02. The smallest absolute Gasteiger partial charge is 0.270 e. The number of amides is 1. The molecule has 32 heavy (non-hydrogen) atoms. The lowest BCUT2D eigenvalue weighted by molar-refractivity contribution is -0.384. The number of fused-ring (bicyclic) bond motifs is 1. The molecule has 166 valence electrons. The summed E-state index contributed by atoms with van der Waals surface area (Å²) in [6, 6.07) is 8.61. The van der Waals surface area contributed by atoms with Crippen LogP contribution in [0.1, 0.15) is 9.67 Å². The number of hydrogen-bond donors (Lipinski definition) is 1. The first-order chi connectivity index (χ1) is 15.2. The van der Waals surface area contributed by atoms with E-state index in [1.807, 2.05) is 4.90 Å². The molecule has 1 N–H and O–H groups in total. The standard InChI is InChI=1S/C20H15Cl2FN4O3S2/c21-14-9-11(1-4-15(14)23)24-20(31)26-7-5-25(6-8-26)19(28)18-17(22)13-3-2-12(27(29)30)10-16(13)32-18/h1-4,9-10H,5-8H2,(H,24,31). The lowest BCUT2D eigenvalue weighted by Crippen LogP contribution is -2.51. The van der Waals surface area contributed by atoms with Crippen molar-refractivity contribution in [3.8, 4) is 0 Å². The van der Waals surface area contributed by atoms with E-state index in [2.05, 4.69) is 5.32 Å². The Morgan fingerprint density at radius 1 is 1.12 bits per heavy atom. The third kappa shape index (κ3) is 4.49. The molecular formula is C20H15Cl2FN4O3S2. The molecule has 1 aliphatic heterocycles. The fourth-order valence-corrected chi connectivity index (χ4v) is 5.33. The third-order valence-electron chi connectivity index (χ3n) is 5.04. The Morgan fingerprint density at radius 3 is 2.47 bits per heavy atom. The van der Waals surface area contributed by atoms with Crippen molar-refractivity contribution < 1.29 is 14.1 Å². The number of rotatable bonds is 3. The molecule has 1 aliphatic rings. The van der Waals surface area contributed by atoms with Crippen LogP contribution in [0.5, 0.6) is 0 Å². The molecule has 1 saturated heterocycles. The lowest BCUT2D eigenvalue weighted by Gasteiger charge is -2.36. The minimum Gasteiger partial charge on any atom is -0.345 e. The largest absolute Gasteiger partial charge is 0.345 e. The van der Waals surface area contributed by atoms with Gasteiger partial charge in [0.1, 0.15) is 10.7 Å². The normalized spacial score (nSPS) is 14.0. The summed E-state index contributed by atoms with van der Waals surface area (Å²) in [6.45, 7) is 1.85. The molecule has 3 aromatic rings. The van der Waals surface area contributed by atoms with Crippen LogP contribution >= 0.6 is 46.8 Å². The topological polar surface area (TPSA) is 78.7 Å². The Kier molecular flexibility index (Phi) is 6.47. The summed E-state index contributed by atoms with van der Waals surface area (Å²) in [5, 5.41) is 15.4. The summed E-state index contributed by atoms with van der Waals surface area (Å²) < 4.78 is 13.9. The lowest BCUT2D eigenvalue weighted by atomic mass is 10.2. The summed E-state index contributed by atoms with van der Waals surface area (Å²) in [6.07, 6.45) is 0. The fourth-order valence-electron chi connectivity index (χ4n) is 3.34. The van der Waals surface area contributed by atoms with Crippen LogP contribution in [-0.2, 0) is 0 Å². The minimum atomic E-state index is -0.509. The number of hydrogen-bond acceptors (Lipinski definition) is 5. The van der Waals surface area contributed by atoms with Crippen LogP contribution in [-0.4, -0.2) is 51.9 Å². The van der Waals surface area contributed by atoms with Gasteiger partial charge in [0.25, 0.3) is 11.6 Å². The minimum absolute atomic E-state index is 0.00115. The monoisotopic (exact) mass is 512 g/mol. The molecule has 1 fully saturated rings. The number of nitro groups is 1. The van der Waals surface area contributed by atoms with Crippen molar-refractivity contribution in [1.29, 1.82) is 0 Å². The number of nitrogens with one attached hydrogen (secondary N) is 1. The van der Waals surface area contributed by atoms with Crippen molar-refractivity contribution in [2.45, 2.75) is 0 Å². The summed E-state index contributed by atoms with van der Waals surface area (Å²) in [5.74, 6) is -0.729. The van der Waals surface area contributed by atoms with Gasteiger partial charge in [0.15, 0.2) is 5.11 Å². The molecule has 0 saturated carbocycles. The van der Waals surface area contributed by atoms with E-state index in [9.17, 15) is 19.3 Å². The van der Waals surface area contributed by atoms with E-state index in [0.29, 0.717) is 57.0 Å². The first-order valence-corrected chi connectivity index (χ1v) is 11.4. The van der Waals surface area contributed by atoms with E-state index in [1.165, 1.54) is 24.3 Å². The Labute approximate surface area is 201 Å². The van der Waals surface area contributed by atoms with Gasteiger partial charge in [0.2, 0.25) is 0 Å². The number of thiophene rings is 1. The highest BCUT2D eigenvalue weighted by molar-refractivity contribution is 7.80. The highest BCUT2D eigenvalue weighted by Crippen LogP contribution is 2.38. The molecule has 1 amide bonds. The number of anilines is 1. The van der Waals surface area contributed by atoms with E-state index in [0.717, 1.165) is 11.3 Å². The summed E-state index contributed by atoms with van der Waals surface area (Å²) in [7, 11) is 0. The number of benzene rings is 2. The van der Waals surface area contributed by atoms with Gasteiger partial charge in [0, 0.05) is 54.1 Å². The molecule has 0 bridgehead atoms. The number of piperazine rings is 1. The maximum atomic E-state index is 13.3. The highest BCUT2D eigenvalue weighted by Gasteiger charge is 2.27. The van der Waals surface area contributed by atoms with Gasteiger partial charge >= 0.3 is 0 Å². The highest BCUT2D eigenvalue weighted by atomic mass is 35.5. The van der Waals surface area contributed by atoms with Gasteiger partial charge in [-0.3, -0.25) is 14.9 Å². The number of thiocarbonyl (C=S) groups is 1. The molecule has 0 atom stereocenters. The van der Waals surface area contributed by atoms with Crippen molar-refractivity contribution in [1.82, 2.24) is 9.80 Å². The van der Waals surface area contributed by atoms with Gasteiger partial charge in [-0.05, 0) is 36.5 Å². The number of carbonyl (C=O) groups is 1. The van der Waals surface area contributed by atoms with Gasteiger partial charge in [0.05, 0.1) is 15.0 Å². The molecule has 2 heterocycles. The van der Waals surface area contributed by atoms with Crippen LogP contribution in [0.4, 0.5) is 15.8 Å². The van der Waals surface area contributed by atoms with Gasteiger partial charge in [-0.15, -0.1) is 11.3 Å². The van der Waals surface area contributed by atoms with Crippen LogP contribution in [0.3, 0.4) is 0 Å². The Balaban J connectivity index is 1.42. The van der Waals surface area contributed by atoms with Crippen LogP contribution in [0, 0.1) is 15.9 Å². The van der Waals surface area contributed by atoms with Crippen LogP contribution in [0.2, 0.25) is 10.0 Å². The zero-order valence-electron chi connectivity index (χ0n) is 16.3. The zero-order valence-corrected chi connectivity index (χ0v) is 19.5. The van der Waals surface area contributed by atoms with Crippen molar-refractivity contribution in [3.05, 3.63) is 67.3 Å². The van der Waals surface area contributed by atoms with Crippen molar-refractivity contribution in [3.63, 3.8) is 0 Å². The summed E-state index contributed by atoms with van der Waals surface area (Å²) in [5.41, 5.74) is 0.526. The van der Waals surface area contributed by atoms with Gasteiger partial charge in [-0.25, -0.2) is 4.39 Å². The molecule has 2 aromatic carbocycles. The van der Waals surface area contributed by atoms with Crippen molar-refractivity contribution in [2.75, 3.05) is 31.5 Å². The van der Waals surface area contributed by atoms with Crippen LogP contribution in [0.15, 0.2) is 36.4 Å². The van der Waals surface area contributed by atoms with Gasteiger partial charge in [-0.2, -0.15) is 0 Å². The first kappa shape index (κ1) is 22.7. The summed E-state index contributed by atoms with van der Waals surface area (Å²) >= 11 is 18.8. The number of carbonyl (C=O) groups excluding carboxylic acids is 1. The Morgan fingerprint density at radius 2 is 1.81 bits per heavy atom. The maximum Gasteiger partial charge on any atom is 0.270 e. The maximum absolute atomic E-state index is 13.3. The molecule has 12 heteroatoms. The first-order valence-electron chi connectivity index (χ1n) is 9.41. The van der Waals surface area contributed by atoms with Crippen LogP contribution < -0.4 is 5.32 Å². The second-order valence-corrected chi connectivity index (χ2v) is 9.25. The molecule has 0 unspecified atom stereocenters. The third-order valence-corrected chi connectivity index (χ3v) is 7.34. The van der Waals surface area contributed by atoms with Crippen molar-refractivity contribution in [2.24, 2.45) is 0 Å². The predicted octanol–water partition coefficient (Wildman–Crippen LogP) is 5.41. The zero-order chi connectivity index (χ0) is 23.0. The summed E-state index contributed by atoms with van der Waals surface area (Å²) in [4.78, 5) is 27.5. The SMILES string of the molecule is O=C(c1sc2cc([N+](=O)[O-])ccc2c1Cl)N1CCN(C(=S)Nc2ccc(F)c(Cl)c2)CC1.